The first-order valence-corrected chi connectivity index (χ1v) is 8.32. The maximum absolute atomic E-state index is 9.13. The second-order valence-electron chi connectivity index (χ2n) is 5.97. The average molecular weight is 326 g/mol. The minimum absolute atomic E-state index is 0.00260. The highest BCUT2D eigenvalue weighted by Crippen LogP contribution is 2.31. The first kappa shape index (κ1) is 16.4. The Kier molecular flexibility index (Phi) is 5.06. The smallest absolute Gasteiger partial charge is 0.224 e. The number of nitriles is 1. The lowest BCUT2D eigenvalue weighted by Crippen LogP contribution is -2.30. The number of rotatable bonds is 5. The van der Waals surface area contributed by atoms with Gasteiger partial charge in [-0.3, -0.25) is 0 Å². The van der Waals surface area contributed by atoms with E-state index in [0.29, 0.717) is 17.6 Å². The Hall–Kier alpha value is -2.46. The molecule has 0 aliphatic carbocycles. The highest BCUT2D eigenvalue weighted by atomic mass is 16.5. The third-order valence-corrected chi connectivity index (χ3v) is 4.36. The molecule has 2 aromatic rings. The maximum atomic E-state index is 9.13. The lowest BCUT2D eigenvalue weighted by molar-refractivity contribution is 0.0593. The first-order chi connectivity index (χ1) is 11.7. The molecule has 0 radical (unpaired) electrons. The van der Waals surface area contributed by atoms with Gasteiger partial charge in [0.15, 0.2) is 0 Å². The van der Waals surface area contributed by atoms with Crippen molar-refractivity contribution >= 4 is 5.95 Å². The fourth-order valence-electron chi connectivity index (χ4n) is 3.14. The molecule has 0 unspecified atom stereocenters. The summed E-state index contributed by atoms with van der Waals surface area (Å²) >= 11 is 0. The number of hydrogen-bond donors (Lipinski definition) is 1. The third-order valence-electron chi connectivity index (χ3n) is 4.36. The molecule has 7 heteroatoms. The second-order valence-corrected chi connectivity index (χ2v) is 5.97. The standard InChI is InChI=1S/C17H22N6O/c1-3-23-7-6-19-16(23)15(13-4-8-24-9-5-13)22-17-20-12(2)10-14(11-18)21-17/h6-7,10,13,15H,3-5,8-9H2,1-2H3,(H,20,21,22)/t15-/m1/s1. The molecule has 1 aliphatic heterocycles. The van der Waals surface area contributed by atoms with Crippen molar-refractivity contribution in [3.05, 3.63) is 35.7 Å². The van der Waals surface area contributed by atoms with Gasteiger partial charge in [0.2, 0.25) is 5.95 Å². The Morgan fingerprint density at radius 3 is 2.92 bits per heavy atom. The zero-order valence-electron chi connectivity index (χ0n) is 14.1. The van der Waals surface area contributed by atoms with E-state index in [0.717, 1.165) is 44.1 Å². The average Bonchev–Trinajstić information content (AvgIpc) is 3.08. The van der Waals surface area contributed by atoms with E-state index in [2.05, 4.69) is 37.8 Å². The number of nitrogens with zero attached hydrogens (tertiary/aromatic N) is 5. The van der Waals surface area contributed by atoms with Gasteiger partial charge in [-0.2, -0.15) is 5.26 Å². The summed E-state index contributed by atoms with van der Waals surface area (Å²) in [4.78, 5) is 13.3. The molecule has 2 aromatic heterocycles. The van der Waals surface area contributed by atoms with Gasteiger partial charge in [-0.15, -0.1) is 0 Å². The van der Waals surface area contributed by atoms with Crippen molar-refractivity contribution in [3.8, 4) is 6.07 Å². The third kappa shape index (κ3) is 3.54. The van der Waals surface area contributed by atoms with Gasteiger partial charge in [0, 0.05) is 37.8 Å². The monoisotopic (exact) mass is 326 g/mol. The van der Waals surface area contributed by atoms with Crippen LogP contribution in [0.3, 0.4) is 0 Å². The van der Waals surface area contributed by atoms with Gasteiger partial charge >= 0.3 is 0 Å². The van der Waals surface area contributed by atoms with Crippen molar-refractivity contribution in [2.75, 3.05) is 18.5 Å². The van der Waals surface area contributed by atoms with Crippen LogP contribution < -0.4 is 5.32 Å². The molecular formula is C17H22N6O. The summed E-state index contributed by atoms with van der Waals surface area (Å²) in [7, 11) is 0. The summed E-state index contributed by atoms with van der Waals surface area (Å²) in [6.45, 7) is 6.34. The molecule has 1 saturated heterocycles. The zero-order valence-corrected chi connectivity index (χ0v) is 14.1. The van der Waals surface area contributed by atoms with Crippen molar-refractivity contribution in [1.82, 2.24) is 19.5 Å². The summed E-state index contributed by atoms with van der Waals surface area (Å²) in [5.41, 5.74) is 1.14. The Balaban J connectivity index is 1.93. The molecule has 0 saturated carbocycles. The van der Waals surface area contributed by atoms with Crippen LogP contribution in [0.5, 0.6) is 0 Å². The highest BCUT2D eigenvalue weighted by Gasteiger charge is 2.29. The molecule has 3 heterocycles. The molecule has 1 N–H and O–H groups in total. The molecule has 0 amide bonds. The normalized spacial score (nSPS) is 16.5. The van der Waals surface area contributed by atoms with E-state index in [1.807, 2.05) is 19.3 Å². The van der Waals surface area contributed by atoms with Crippen molar-refractivity contribution in [2.45, 2.75) is 39.3 Å². The van der Waals surface area contributed by atoms with E-state index in [4.69, 9.17) is 10.00 Å². The Bertz CT molecular complexity index is 729. The molecule has 1 aliphatic rings. The summed E-state index contributed by atoms with van der Waals surface area (Å²) in [5.74, 6) is 1.85. The fourth-order valence-corrected chi connectivity index (χ4v) is 3.14. The van der Waals surface area contributed by atoms with Crippen LogP contribution in [0.4, 0.5) is 5.95 Å². The number of hydrogen-bond acceptors (Lipinski definition) is 6. The molecule has 0 spiro atoms. The zero-order chi connectivity index (χ0) is 16.9. The van der Waals surface area contributed by atoms with Crippen LogP contribution in [0.25, 0.3) is 0 Å². The van der Waals surface area contributed by atoms with Crippen LogP contribution in [0, 0.1) is 24.2 Å². The van der Waals surface area contributed by atoms with Gasteiger partial charge in [-0.1, -0.05) is 0 Å². The van der Waals surface area contributed by atoms with E-state index in [1.54, 1.807) is 6.07 Å². The summed E-state index contributed by atoms with van der Waals surface area (Å²) < 4.78 is 7.63. The summed E-state index contributed by atoms with van der Waals surface area (Å²) in [5, 5.41) is 12.6. The van der Waals surface area contributed by atoms with Gasteiger partial charge in [-0.25, -0.2) is 15.0 Å². The van der Waals surface area contributed by atoms with Crippen LogP contribution in [-0.4, -0.2) is 32.7 Å². The van der Waals surface area contributed by atoms with Crippen molar-refractivity contribution in [3.63, 3.8) is 0 Å². The van der Waals surface area contributed by atoms with Crippen molar-refractivity contribution in [2.24, 2.45) is 5.92 Å². The van der Waals surface area contributed by atoms with Crippen LogP contribution in [0.15, 0.2) is 18.5 Å². The van der Waals surface area contributed by atoms with Crippen molar-refractivity contribution < 1.29 is 4.74 Å². The molecule has 1 atom stereocenters. The predicted molar refractivity (Wildman–Crippen MR) is 89.3 cm³/mol. The number of aromatic nitrogens is 4. The number of aryl methyl sites for hydroxylation is 2. The number of anilines is 1. The topological polar surface area (TPSA) is 88.7 Å². The van der Waals surface area contributed by atoms with Gasteiger partial charge in [0.05, 0.1) is 6.04 Å². The largest absolute Gasteiger partial charge is 0.381 e. The van der Waals surface area contributed by atoms with Crippen LogP contribution >= 0.6 is 0 Å². The molecule has 7 nitrogen and oxygen atoms in total. The molecule has 3 rings (SSSR count). The highest BCUT2D eigenvalue weighted by molar-refractivity contribution is 5.35. The quantitative estimate of drug-likeness (QED) is 0.908. The van der Waals surface area contributed by atoms with E-state index in [9.17, 15) is 0 Å². The van der Waals surface area contributed by atoms with Crippen LogP contribution in [-0.2, 0) is 11.3 Å². The lowest BCUT2D eigenvalue weighted by atomic mass is 9.91. The number of imidazole rings is 1. The van der Waals surface area contributed by atoms with Gasteiger partial charge in [0.1, 0.15) is 17.6 Å². The molecule has 126 valence electrons. The molecule has 0 bridgehead atoms. The second kappa shape index (κ2) is 7.41. The fraction of sp³-hybridized carbons (Fsp3) is 0.529. The predicted octanol–water partition coefficient (Wildman–Crippen LogP) is 2.45. The van der Waals surface area contributed by atoms with Crippen LogP contribution in [0.2, 0.25) is 0 Å². The Morgan fingerprint density at radius 1 is 1.42 bits per heavy atom. The van der Waals surface area contributed by atoms with Gasteiger partial charge in [0.25, 0.3) is 0 Å². The van der Waals surface area contributed by atoms with E-state index in [1.165, 1.54) is 0 Å². The maximum Gasteiger partial charge on any atom is 0.224 e. The summed E-state index contributed by atoms with van der Waals surface area (Å²) in [6, 6.07) is 3.77. The van der Waals surface area contributed by atoms with Gasteiger partial charge < -0.3 is 14.6 Å². The lowest BCUT2D eigenvalue weighted by Gasteiger charge is -2.31. The number of ether oxygens (including phenoxy) is 1. The van der Waals surface area contributed by atoms with E-state index < -0.39 is 0 Å². The minimum Gasteiger partial charge on any atom is -0.381 e. The number of nitrogens with one attached hydrogen (secondary N) is 1. The van der Waals surface area contributed by atoms with E-state index >= 15 is 0 Å². The van der Waals surface area contributed by atoms with E-state index in [-0.39, 0.29) is 6.04 Å². The SMILES string of the molecule is CCn1ccnc1[C@H](Nc1nc(C)cc(C#N)n1)C1CCOCC1. The molecule has 1 fully saturated rings. The molecule has 0 aromatic carbocycles. The minimum atomic E-state index is -0.00260. The molecule has 24 heavy (non-hydrogen) atoms. The Morgan fingerprint density at radius 2 is 2.21 bits per heavy atom. The van der Waals surface area contributed by atoms with Crippen molar-refractivity contribution in [1.29, 1.82) is 5.26 Å². The van der Waals surface area contributed by atoms with Crippen LogP contribution in [0.1, 0.15) is 43.0 Å². The first-order valence-electron chi connectivity index (χ1n) is 8.32. The van der Waals surface area contributed by atoms with Gasteiger partial charge in [-0.05, 0) is 38.7 Å². The molecular weight excluding hydrogens is 304 g/mol. The Labute approximate surface area is 141 Å². The summed E-state index contributed by atoms with van der Waals surface area (Å²) in [6.07, 6.45) is 5.74.